The molecule has 19 heavy (non-hydrogen) atoms. The highest BCUT2D eigenvalue weighted by Crippen LogP contribution is 2.36. The second kappa shape index (κ2) is 6.25. The molecule has 0 aliphatic heterocycles. The molecule has 106 valence electrons. The molecule has 4 heteroatoms. The highest BCUT2D eigenvalue weighted by atomic mass is 32.2. The van der Waals surface area contributed by atoms with Gasteiger partial charge in [0.25, 0.3) is 0 Å². The summed E-state index contributed by atoms with van der Waals surface area (Å²) >= 11 is -1.05. The lowest BCUT2D eigenvalue weighted by molar-refractivity contribution is 0.398. The number of nitrogens with one attached hydrogen (secondary N) is 1. The maximum atomic E-state index is 12.4. The first-order valence-electron chi connectivity index (χ1n) is 7.07. The Balaban J connectivity index is 2.15. The summed E-state index contributed by atoms with van der Waals surface area (Å²) in [6, 6.07) is 6.08. The summed E-state index contributed by atoms with van der Waals surface area (Å²) in [7, 11) is 0. The lowest BCUT2D eigenvalue weighted by atomic mass is 9.96. The lowest BCUT2D eigenvalue weighted by Gasteiger charge is -2.30. The Kier molecular flexibility index (Phi) is 4.87. The van der Waals surface area contributed by atoms with Gasteiger partial charge in [0, 0.05) is 17.6 Å². The quantitative estimate of drug-likeness (QED) is 0.860. The van der Waals surface area contributed by atoms with E-state index in [0.29, 0.717) is 5.92 Å². The SMILES string of the molecule is CC(C)(C)[S@@+]([O-])N[C@H](c1ccccn1)C1CCCC1. The molecule has 1 aliphatic carbocycles. The van der Waals surface area contributed by atoms with E-state index in [0.717, 1.165) is 5.69 Å². The highest BCUT2D eigenvalue weighted by molar-refractivity contribution is 7.90. The number of hydrogen-bond donors (Lipinski definition) is 1. The molecule has 1 heterocycles. The van der Waals surface area contributed by atoms with Crippen LogP contribution in [0.15, 0.2) is 24.4 Å². The van der Waals surface area contributed by atoms with Gasteiger partial charge in [-0.15, -0.1) is 4.72 Å². The van der Waals surface area contributed by atoms with Crippen molar-refractivity contribution < 1.29 is 4.55 Å². The van der Waals surface area contributed by atoms with Crippen LogP contribution >= 0.6 is 0 Å². The zero-order valence-electron chi connectivity index (χ0n) is 12.1. The summed E-state index contributed by atoms with van der Waals surface area (Å²) in [6.07, 6.45) is 6.78. The van der Waals surface area contributed by atoms with Crippen molar-refractivity contribution in [3.05, 3.63) is 30.1 Å². The van der Waals surface area contributed by atoms with E-state index >= 15 is 0 Å². The minimum Gasteiger partial charge on any atom is -0.598 e. The van der Waals surface area contributed by atoms with E-state index in [1.807, 2.05) is 45.2 Å². The first-order valence-corrected chi connectivity index (χ1v) is 8.22. The van der Waals surface area contributed by atoms with Crippen molar-refractivity contribution in [2.75, 3.05) is 0 Å². The molecule has 0 saturated heterocycles. The molecule has 0 radical (unpaired) electrons. The third-order valence-electron chi connectivity index (χ3n) is 3.67. The van der Waals surface area contributed by atoms with Gasteiger partial charge in [0.1, 0.15) is 4.75 Å². The van der Waals surface area contributed by atoms with Crippen LogP contribution in [0.3, 0.4) is 0 Å². The summed E-state index contributed by atoms with van der Waals surface area (Å²) in [5.74, 6) is 0.557. The van der Waals surface area contributed by atoms with Gasteiger partial charge in [0.05, 0.1) is 11.7 Å². The fourth-order valence-electron chi connectivity index (χ4n) is 2.54. The molecular formula is C15H24N2OS. The van der Waals surface area contributed by atoms with Gasteiger partial charge in [-0.3, -0.25) is 4.98 Å². The topological polar surface area (TPSA) is 48.0 Å². The third-order valence-corrected chi connectivity index (χ3v) is 5.25. The normalized spacial score (nSPS) is 20.4. The first-order chi connectivity index (χ1) is 8.98. The number of rotatable bonds is 4. The van der Waals surface area contributed by atoms with Crippen LogP contribution in [-0.2, 0) is 11.4 Å². The molecule has 1 saturated carbocycles. The van der Waals surface area contributed by atoms with Crippen molar-refractivity contribution in [2.45, 2.75) is 57.2 Å². The van der Waals surface area contributed by atoms with Crippen LogP contribution in [0.5, 0.6) is 0 Å². The Morgan fingerprint density at radius 3 is 2.53 bits per heavy atom. The van der Waals surface area contributed by atoms with Crippen LogP contribution in [-0.4, -0.2) is 14.3 Å². The highest BCUT2D eigenvalue weighted by Gasteiger charge is 2.35. The van der Waals surface area contributed by atoms with Crippen LogP contribution in [0.2, 0.25) is 0 Å². The van der Waals surface area contributed by atoms with Crippen molar-refractivity contribution in [3.8, 4) is 0 Å². The predicted octanol–water partition coefficient (Wildman–Crippen LogP) is 3.36. The van der Waals surface area contributed by atoms with Gasteiger partial charge in [-0.2, -0.15) is 0 Å². The maximum Gasteiger partial charge on any atom is 0.136 e. The summed E-state index contributed by atoms with van der Waals surface area (Å²) in [4.78, 5) is 4.46. The van der Waals surface area contributed by atoms with Crippen molar-refractivity contribution in [1.29, 1.82) is 0 Å². The molecule has 0 amide bonds. The second-order valence-electron chi connectivity index (χ2n) is 6.28. The molecule has 0 aromatic carbocycles. The average molecular weight is 280 g/mol. The standard InChI is InChI=1S/C15H24N2OS/c1-15(2,3)19(18)17-14(12-8-4-5-9-12)13-10-6-7-11-16-13/h6-7,10-12,14,17H,4-5,8-9H2,1-3H3/t14-,19+/m0/s1. The minimum absolute atomic E-state index is 0.115. The monoisotopic (exact) mass is 280 g/mol. The van der Waals surface area contributed by atoms with E-state index in [-0.39, 0.29) is 10.8 Å². The Bertz CT molecular complexity index is 385. The number of aromatic nitrogens is 1. The molecule has 2 rings (SSSR count). The van der Waals surface area contributed by atoms with Crippen molar-refractivity contribution in [3.63, 3.8) is 0 Å². The molecule has 1 N–H and O–H groups in total. The van der Waals surface area contributed by atoms with Gasteiger partial charge in [0.15, 0.2) is 0 Å². The average Bonchev–Trinajstić information content (AvgIpc) is 2.89. The van der Waals surface area contributed by atoms with Crippen molar-refractivity contribution in [1.82, 2.24) is 9.71 Å². The Hall–Kier alpha value is -0.580. The largest absolute Gasteiger partial charge is 0.598 e. The molecule has 1 aromatic heterocycles. The van der Waals surface area contributed by atoms with Crippen LogP contribution in [0.1, 0.15) is 58.2 Å². The van der Waals surface area contributed by atoms with Crippen LogP contribution in [0.25, 0.3) is 0 Å². The molecular weight excluding hydrogens is 256 g/mol. The van der Waals surface area contributed by atoms with E-state index in [1.165, 1.54) is 25.7 Å². The van der Waals surface area contributed by atoms with Crippen LogP contribution in [0.4, 0.5) is 0 Å². The number of pyridine rings is 1. The van der Waals surface area contributed by atoms with E-state index in [9.17, 15) is 4.55 Å². The van der Waals surface area contributed by atoms with Gasteiger partial charge in [-0.05, 0) is 51.7 Å². The Labute approximate surface area is 119 Å². The fourth-order valence-corrected chi connectivity index (χ4v) is 3.44. The number of hydrogen-bond acceptors (Lipinski definition) is 3. The molecule has 2 atom stereocenters. The summed E-state index contributed by atoms with van der Waals surface area (Å²) < 4.78 is 15.5. The predicted molar refractivity (Wildman–Crippen MR) is 80.0 cm³/mol. The number of nitrogens with zero attached hydrogens (tertiary/aromatic N) is 1. The molecule has 1 aliphatic rings. The molecule has 0 spiro atoms. The summed E-state index contributed by atoms with van der Waals surface area (Å²) in [5, 5.41) is 0. The van der Waals surface area contributed by atoms with E-state index in [1.54, 1.807) is 0 Å². The maximum absolute atomic E-state index is 12.4. The van der Waals surface area contributed by atoms with Gasteiger partial charge in [-0.1, -0.05) is 18.9 Å². The zero-order valence-corrected chi connectivity index (χ0v) is 12.9. The first kappa shape index (κ1) is 14.8. The summed E-state index contributed by atoms with van der Waals surface area (Å²) in [6.45, 7) is 6.00. The van der Waals surface area contributed by atoms with E-state index in [2.05, 4.69) is 9.71 Å². The van der Waals surface area contributed by atoms with Gasteiger partial charge in [0.2, 0.25) is 0 Å². The van der Waals surface area contributed by atoms with Crippen LogP contribution < -0.4 is 4.72 Å². The molecule has 1 fully saturated rings. The third kappa shape index (κ3) is 3.94. The summed E-state index contributed by atoms with van der Waals surface area (Å²) in [5.41, 5.74) is 1.02. The van der Waals surface area contributed by atoms with Crippen LogP contribution in [0, 0.1) is 5.92 Å². The molecule has 0 unspecified atom stereocenters. The van der Waals surface area contributed by atoms with Gasteiger partial charge < -0.3 is 4.55 Å². The Morgan fingerprint density at radius 1 is 1.32 bits per heavy atom. The molecule has 0 bridgehead atoms. The fraction of sp³-hybridized carbons (Fsp3) is 0.667. The van der Waals surface area contributed by atoms with Gasteiger partial charge in [-0.25, -0.2) is 0 Å². The zero-order chi connectivity index (χ0) is 13.9. The second-order valence-corrected chi connectivity index (χ2v) is 8.27. The minimum atomic E-state index is -1.05. The molecule has 3 nitrogen and oxygen atoms in total. The van der Waals surface area contributed by atoms with Crippen molar-refractivity contribution in [2.24, 2.45) is 5.92 Å². The van der Waals surface area contributed by atoms with Gasteiger partial charge >= 0.3 is 0 Å². The smallest absolute Gasteiger partial charge is 0.136 e. The lowest BCUT2D eigenvalue weighted by Crippen LogP contribution is -2.43. The Morgan fingerprint density at radius 2 is 2.00 bits per heavy atom. The van der Waals surface area contributed by atoms with E-state index in [4.69, 9.17) is 0 Å². The van der Waals surface area contributed by atoms with E-state index < -0.39 is 11.4 Å². The van der Waals surface area contributed by atoms with Crippen molar-refractivity contribution >= 4 is 11.4 Å². The molecule has 1 aromatic rings.